The number of carbonyl (C=O) groups excluding carboxylic acids is 1. The summed E-state index contributed by atoms with van der Waals surface area (Å²) in [5.41, 5.74) is -0.359. The fourth-order valence-corrected chi connectivity index (χ4v) is 5.70. The topological polar surface area (TPSA) is 51.2 Å². The molecule has 0 N–H and O–H groups in total. The van der Waals surface area contributed by atoms with E-state index in [1.54, 1.807) is 0 Å². The highest BCUT2D eigenvalue weighted by Gasteiger charge is 2.34. The molecule has 0 spiro atoms. The molecule has 0 saturated carbocycles. The zero-order valence-corrected chi connectivity index (χ0v) is 21.5. The average molecular weight is 439 g/mol. The second kappa shape index (κ2) is 13.5. The van der Waals surface area contributed by atoms with Crippen LogP contribution in [0, 0.1) is 5.41 Å². The van der Waals surface area contributed by atoms with E-state index in [4.69, 9.17) is 14.0 Å². The van der Waals surface area contributed by atoms with Gasteiger partial charge in [0.25, 0.3) is 0 Å². The van der Waals surface area contributed by atoms with E-state index in [-0.39, 0.29) is 24.1 Å². The van der Waals surface area contributed by atoms with E-state index in [0.29, 0.717) is 30.1 Å². The molecule has 0 radical (unpaired) electrons. The monoisotopic (exact) mass is 438 g/mol. The van der Waals surface area contributed by atoms with Crippen LogP contribution in [0.5, 0.6) is 0 Å². The lowest BCUT2D eigenvalue weighted by atomic mass is 10.00. The van der Waals surface area contributed by atoms with Crippen molar-refractivity contribution < 1.29 is 18.8 Å². The summed E-state index contributed by atoms with van der Waals surface area (Å²) in [6, 6.07) is 1.45. The maximum atomic E-state index is 11.9. The highest BCUT2D eigenvalue weighted by Crippen LogP contribution is 2.50. The van der Waals surface area contributed by atoms with Gasteiger partial charge in [-0.2, -0.15) is 0 Å². The number of rotatable bonds is 13. The van der Waals surface area contributed by atoms with Crippen molar-refractivity contribution in [1.29, 1.82) is 0 Å². The molecule has 0 unspecified atom stereocenters. The first-order valence-electron chi connectivity index (χ1n) is 10.1. The Hall–Kier alpha value is 0.250. The number of nitrogens with zero attached hydrogens (tertiary/aromatic N) is 2. The molecule has 0 aliphatic carbocycles. The van der Waals surface area contributed by atoms with Crippen LogP contribution < -0.4 is 0 Å². The molecule has 6 nitrogen and oxygen atoms in total. The normalized spacial score (nSPS) is 13.4. The van der Waals surface area contributed by atoms with Gasteiger partial charge in [0, 0.05) is 29.6 Å². The Morgan fingerprint density at radius 2 is 1.25 bits per heavy atom. The van der Waals surface area contributed by atoms with Crippen molar-refractivity contribution >= 4 is 25.3 Å². The van der Waals surface area contributed by atoms with Gasteiger partial charge >= 0.3 is 0 Å². The van der Waals surface area contributed by atoms with Gasteiger partial charge in [0.15, 0.2) is 27.2 Å². The van der Waals surface area contributed by atoms with E-state index in [0.717, 1.165) is 0 Å². The van der Waals surface area contributed by atoms with Crippen molar-refractivity contribution in [3.05, 3.63) is 0 Å². The van der Waals surface area contributed by atoms with Gasteiger partial charge in [0.2, 0.25) is 0 Å². The maximum absolute atomic E-state index is 11.9. The summed E-state index contributed by atoms with van der Waals surface area (Å²) in [7, 11) is -0.969. The van der Waals surface area contributed by atoms with Crippen LogP contribution in [0.25, 0.3) is 0 Å². The summed E-state index contributed by atoms with van der Waals surface area (Å²) in [6.45, 7) is 23.6. The highest BCUT2D eigenvalue weighted by molar-refractivity contribution is 8.13. The summed E-state index contributed by atoms with van der Waals surface area (Å²) in [5, 5.41) is 0.112. The van der Waals surface area contributed by atoms with Crippen molar-refractivity contribution in [3.8, 4) is 0 Å². The molecule has 0 aromatic heterocycles. The molecule has 0 atom stereocenters. The van der Waals surface area contributed by atoms with E-state index in [1.807, 2.05) is 20.8 Å². The Kier molecular flexibility index (Phi) is 13.7. The molecule has 168 valence electrons. The summed E-state index contributed by atoms with van der Waals surface area (Å²) in [6.07, 6.45) is 0. The molecule has 0 rings (SSSR count). The summed E-state index contributed by atoms with van der Waals surface area (Å²) >= 11 is 1.18. The lowest BCUT2D eigenvalue weighted by Gasteiger charge is -2.45. The van der Waals surface area contributed by atoms with Crippen LogP contribution in [0.2, 0.25) is 0 Å². The molecule has 28 heavy (non-hydrogen) atoms. The van der Waals surface area contributed by atoms with Crippen molar-refractivity contribution in [1.82, 2.24) is 9.34 Å². The Morgan fingerprint density at radius 1 is 0.821 bits per heavy atom. The molecule has 0 aliphatic heterocycles. The van der Waals surface area contributed by atoms with E-state index >= 15 is 0 Å². The lowest BCUT2D eigenvalue weighted by Crippen LogP contribution is -2.43. The molecule has 0 aromatic rings. The van der Waals surface area contributed by atoms with Crippen LogP contribution in [0.1, 0.15) is 76.2 Å². The van der Waals surface area contributed by atoms with Gasteiger partial charge in [-0.25, -0.2) is 9.34 Å². The third-order valence-electron chi connectivity index (χ3n) is 3.82. The Labute approximate surface area is 179 Å². The van der Waals surface area contributed by atoms with Gasteiger partial charge in [0.1, 0.15) is 5.94 Å². The van der Waals surface area contributed by atoms with Crippen LogP contribution in [0.15, 0.2) is 0 Å². The quantitative estimate of drug-likeness (QED) is 0.208. The zero-order valence-electron chi connectivity index (χ0n) is 19.8. The second-order valence-corrected chi connectivity index (χ2v) is 11.5. The number of hydrogen-bond acceptors (Lipinski definition) is 7. The Balaban J connectivity index is 4.68. The Bertz CT molecular complexity index is 406. The lowest BCUT2D eigenvalue weighted by molar-refractivity contribution is -0.117. The number of thioether (sulfide) groups is 1. The molecule has 0 amide bonds. The van der Waals surface area contributed by atoms with E-state index < -0.39 is 8.45 Å². The van der Waals surface area contributed by atoms with Gasteiger partial charge in [-0.05, 0) is 55.4 Å². The number of hydrogen-bond donors (Lipinski definition) is 0. The summed E-state index contributed by atoms with van der Waals surface area (Å²) in [4.78, 5) is 11.9. The molecule has 0 aliphatic rings. The first-order valence-corrected chi connectivity index (χ1v) is 12.3. The summed E-state index contributed by atoms with van der Waals surface area (Å²) in [5.74, 6) is 0.291. The molecule has 8 heteroatoms. The predicted molar refractivity (Wildman–Crippen MR) is 121 cm³/mol. The number of ether oxygens (including phenoxy) is 2. The van der Waals surface area contributed by atoms with Gasteiger partial charge < -0.3 is 14.0 Å². The zero-order chi connectivity index (χ0) is 22.1. The van der Waals surface area contributed by atoms with Crippen LogP contribution in [-0.2, 0) is 18.8 Å². The van der Waals surface area contributed by atoms with Crippen LogP contribution in [0.4, 0.5) is 0 Å². The average Bonchev–Trinajstić information content (AvgIpc) is 2.50. The molecular formula is C20H43N2O4PS. The van der Waals surface area contributed by atoms with Crippen LogP contribution >= 0.6 is 20.2 Å². The summed E-state index contributed by atoms with van der Waals surface area (Å²) < 4.78 is 22.0. The predicted octanol–water partition coefficient (Wildman–Crippen LogP) is 5.68. The standard InChI is InChI=1S/C20H43N2O4PS/c1-15(2)21(16(3)4)27(22(17(5)6)18(7)8)26-13-24-12-25-14-28-19(23)20(9,10)11/h15-18H,12-14H2,1-11H3. The molecule has 0 saturated heterocycles. The highest BCUT2D eigenvalue weighted by atomic mass is 32.2. The maximum Gasteiger partial charge on any atom is 0.196 e. The van der Waals surface area contributed by atoms with Crippen LogP contribution in [-0.4, -0.2) is 58.1 Å². The van der Waals surface area contributed by atoms with Crippen molar-refractivity contribution in [2.24, 2.45) is 5.41 Å². The fraction of sp³-hybridized carbons (Fsp3) is 0.950. The van der Waals surface area contributed by atoms with Gasteiger partial charge in [-0.15, -0.1) is 0 Å². The van der Waals surface area contributed by atoms with Gasteiger partial charge in [-0.3, -0.25) is 4.79 Å². The molecule has 0 heterocycles. The van der Waals surface area contributed by atoms with Crippen molar-refractivity contribution in [2.75, 3.05) is 19.5 Å². The van der Waals surface area contributed by atoms with E-state index in [2.05, 4.69) is 64.7 Å². The van der Waals surface area contributed by atoms with Gasteiger partial charge in [0.05, 0.1) is 0 Å². The van der Waals surface area contributed by atoms with Crippen LogP contribution in [0.3, 0.4) is 0 Å². The van der Waals surface area contributed by atoms with E-state index in [1.165, 1.54) is 11.8 Å². The first kappa shape index (κ1) is 28.2. The number of carbonyl (C=O) groups is 1. The smallest absolute Gasteiger partial charge is 0.196 e. The Morgan fingerprint density at radius 3 is 1.61 bits per heavy atom. The minimum Gasteiger partial charge on any atom is -0.344 e. The van der Waals surface area contributed by atoms with Gasteiger partial charge in [-0.1, -0.05) is 32.5 Å². The third kappa shape index (κ3) is 10.3. The molecule has 0 bridgehead atoms. The fourth-order valence-electron chi connectivity index (χ4n) is 2.76. The van der Waals surface area contributed by atoms with E-state index in [9.17, 15) is 4.79 Å². The van der Waals surface area contributed by atoms with Crippen molar-refractivity contribution in [2.45, 2.75) is 100 Å². The molecule has 0 aromatic carbocycles. The SMILES string of the molecule is CC(C)N(C(C)C)P(OCOCOCSC(=O)C(C)(C)C)N(C(C)C)C(C)C. The largest absolute Gasteiger partial charge is 0.344 e. The molecular weight excluding hydrogens is 395 g/mol. The molecule has 0 fully saturated rings. The minimum atomic E-state index is -0.969. The first-order chi connectivity index (χ1) is 12.8. The van der Waals surface area contributed by atoms with Crippen molar-refractivity contribution in [3.63, 3.8) is 0 Å². The second-order valence-electron chi connectivity index (χ2n) is 8.96. The third-order valence-corrected chi connectivity index (χ3v) is 7.95. The minimum absolute atomic E-state index is 0.111.